The van der Waals surface area contributed by atoms with Gasteiger partial charge < -0.3 is 15.4 Å². The molecule has 1 amide bonds. The van der Waals surface area contributed by atoms with Gasteiger partial charge in [-0.1, -0.05) is 15.9 Å². The monoisotopic (exact) mass is 390 g/mol. The quantitative estimate of drug-likeness (QED) is 0.635. The van der Waals surface area contributed by atoms with Crippen molar-refractivity contribution in [3.63, 3.8) is 0 Å². The van der Waals surface area contributed by atoms with Crippen molar-refractivity contribution in [2.45, 2.75) is 19.8 Å². The molecule has 0 radical (unpaired) electrons. The van der Waals surface area contributed by atoms with Crippen LogP contribution >= 0.6 is 28.3 Å². The van der Waals surface area contributed by atoms with E-state index in [1.165, 1.54) is 0 Å². The molecule has 1 aliphatic rings. The van der Waals surface area contributed by atoms with E-state index in [2.05, 4.69) is 15.9 Å². The number of carbonyl (C=O) groups is 2. The van der Waals surface area contributed by atoms with Gasteiger partial charge in [-0.15, -0.1) is 12.4 Å². The van der Waals surface area contributed by atoms with Gasteiger partial charge >= 0.3 is 5.97 Å². The van der Waals surface area contributed by atoms with E-state index in [1.54, 1.807) is 30.0 Å². The maximum atomic E-state index is 12.5. The Bertz CT molecular complexity index is 554. The fourth-order valence-corrected chi connectivity index (χ4v) is 2.89. The molecule has 1 aliphatic heterocycles. The zero-order valence-electron chi connectivity index (χ0n) is 12.4. The van der Waals surface area contributed by atoms with Crippen LogP contribution in [0.1, 0.15) is 30.1 Å². The summed E-state index contributed by atoms with van der Waals surface area (Å²) in [6, 6.07) is 5.20. The molecule has 1 heterocycles. The highest BCUT2D eigenvalue weighted by Gasteiger charge is 2.30. The summed E-state index contributed by atoms with van der Waals surface area (Å²) in [5, 5.41) is 0. The minimum absolute atomic E-state index is 0. The smallest absolute Gasteiger partial charge is 0.310 e. The van der Waals surface area contributed by atoms with Gasteiger partial charge in [0.15, 0.2) is 0 Å². The number of hydrogen-bond donors (Lipinski definition) is 1. The summed E-state index contributed by atoms with van der Waals surface area (Å²) in [4.78, 5) is 26.0. The van der Waals surface area contributed by atoms with E-state index in [4.69, 9.17) is 10.5 Å². The Morgan fingerprint density at radius 3 is 2.82 bits per heavy atom. The van der Waals surface area contributed by atoms with Gasteiger partial charge in [-0.3, -0.25) is 9.59 Å². The molecule has 1 atom stereocenters. The van der Waals surface area contributed by atoms with Crippen molar-refractivity contribution in [1.29, 1.82) is 0 Å². The second-order valence-corrected chi connectivity index (χ2v) is 5.99. The second-order valence-electron chi connectivity index (χ2n) is 5.07. The lowest BCUT2D eigenvalue weighted by Crippen LogP contribution is -2.43. The molecule has 0 spiro atoms. The number of esters is 1. The molecule has 122 valence electrons. The molecular weight excluding hydrogens is 372 g/mol. The Morgan fingerprint density at radius 2 is 2.18 bits per heavy atom. The Hall–Kier alpha value is -1.27. The normalized spacial score (nSPS) is 17.5. The van der Waals surface area contributed by atoms with Crippen LogP contribution in [0.5, 0.6) is 0 Å². The highest BCUT2D eigenvalue weighted by Crippen LogP contribution is 2.24. The van der Waals surface area contributed by atoms with Gasteiger partial charge in [-0.25, -0.2) is 0 Å². The summed E-state index contributed by atoms with van der Waals surface area (Å²) < 4.78 is 5.88. The molecule has 5 nitrogen and oxygen atoms in total. The topological polar surface area (TPSA) is 72.6 Å². The molecule has 7 heteroatoms. The molecule has 0 bridgehead atoms. The number of rotatable bonds is 3. The average molecular weight is 392 g/mol. The maximum Gasteiger partial charge on any atom is 0.310 e. The van der Waals surface area contributed by atoms with Gasteiger partial charge in [0.25, 0.3) is 5.91 Å². The third-order valence-electron chi connectivity index (χ3n) is 3.57. The van der Waals surface area contributed by atoms with E-state index in [1.807, 2.05) is 0 Å². The van der Waals surface area contributed by atoms with Crippen LogP contribution in [0.2, 0.25) is 0 Å². The van der Waals surface area contributed by atoms with Crippen molar-refractivity contribution in [2.75, 3.05) is 25.4 Å². The number of hydrogen-bond acceptors (Lipinski definition) is 4. The molecule has 22 heavy (non-hydrogen) atoms. The number of piperidine rings is 1. The third-order valence-corrected chi connectivity index (χ3v) is 4.07. The van der Waals surface area contributed by atoms with Crippen molar-refractivity contribution in [1.82, 2.24) is 4.90 Å². The van der Waals surface area contributed by atoms with E-state index in [0.29, 0.717) is 30.9 Å². The van der Waals surface area contributed by atoms with Crippen molar-refractivity contribution in [3.8, 4) is 0 Å². The first kappa shape index (κ1) is 18.8. The molecule has 2 N–H and O–H groups in total. The minimum Gasteiger partial charge on any atom is -0.466 e. The van der Waals surface area contributed by atoms with E-state index in [9.17, 15) is 9.59 Å². The van der Waals surface area contributed by atoms with Gasteiger partial charge in [-0.05, 0) is 38.0 Å². The zero-order chi connectivity index (χ0) is 15.4. The van der Waals surface area contributed by atoms with Crippen LogP contribution in [-0.2, 0) is 9.53 Å². The molecule has 0 saturated carbocycles. The fourth-order valence-electron chi connectivity index (χ4n) is 2.51. The van der Waals surface area contributed by atoms with E-state index < -0.39 is 0 Å². The number of carbonyl (C=O) groups excluding carboxylic acids is 2. The number of benzene rings is 1. The van der Waals surface area contributed by atoms with Crippen LogP contribution in [-0.4, -0.2) is 36.5 Å². The van der Waals surface area contributed by atoms with Gasteiger partial charge in [-0.2, -0.15) is 0 Å². The summed E-state index contributed by atoms with van der Waals surface area (Å²) in [7, 11) is 0. The predicted molar refractivity (Wildman–Crippen MR) is 91.1 cm³/mol. The highest BCUT2D eigenvalue weighted by molar-refractivity contribution is 9.10. The van der Waals surface area contributed by atoms with Crippen LogP contribution in [0.4, 0.5) is 5.69 Å². The molecule has 1 aromatic carbocycles. The Labute approximate surface area is 144 Å². The Balaban J connectivity index is 0.00000242. The van der Waals surface area contributed by atoms with Crippen LogP contribution in [0.25, 0.3) is 0 Å². The Kier molecular flexibility index (Phi) is 7.16. The first-order valence-electron chi connectivity index (χ1n) is 7.04. The zero-order valence-corrected chi connectivity index (χ0v) is 14.8. The Morgan fingerprint density at radius 1 is 1.45 bits per heavy atom. The number of nitrogens with two attached hydrogens (primary N) is 1. The number of nitrogen functional groups attached to an aromatic ring is 1. The summed E-state index contributed by atoms with van der Waals surface area (Å²) in [5.41, 5.74) is 6.81. The van der Waals surface area contributed by atoms with Crippen molar-refractivity contribution in [3.05, 3.63) is 28.2 Å². The molecule has 1 fully saturated rings. The largest absolute Gasteiger partial charge is 0.466 e. The molecular formula is C15H20BrClN2O3. The molecule has 0 aromatic heterocycles. The lowest BCUT2D eigenvalue weighted by Gasteiger charge is -2.31. The summed E-state index contributed by atoms with van der Waals surface area (Å²) in [6.45, 7) is 3.19. The van der Waals surface area contributed by atoms with Crippen molar-refractivity contribution >= 4 is 45.9 Å². The van der Waals surface area contributed by atoms with E-state index >= 15 is 0 Å². The number of amides is 1. The number of halogens is 2. The van der Waals surface area contributed by atoms with Crippen LogP contribution in [0, 0.1) is 5.92 Å². The van der Waals surface area contributed by atoms with Gasteiger partial charge in [0.1, 0.15) is 0 Å². The first-order valence-corrected chi connectivity index (χ1v) is 7.83. The SMILES string of the molecule is CCOC(=O)C1CCCN(C(=O)c2ccc(Br)cc2N)C1.Cl. The fraction of sp³-hybridized carbons (Fsp3) is 0.467. The average Bonchev–Trinajstić information content (AvgIpc) is 2.47. The van der Waals surface area contributed by atoms with Crippen molar-refractivity contribution < 1.29 is 14.3 Å². The van der Waals surface area contributed by atoms with Gasteiger partial charge in [0.2, 0.25) is 0 Å². The lowest BCUT2D eigenvalue weighted by atomic mass is 9.97. The lowest BCUT2D eigenvalue weighted by molar-refractivity contribution is -0.149. The molecule has 0 aliphatic carbocycles. The first-order chi connectivity index (χ1) is 10.0. The summed E-state index contributed by atoms with van der Waals surface area (Å²) >= 11 is 3.32. The molecule has 2 rings (SSSR count). The third kappa shape index (κ3) is 4.36. The molecule has 1 saturated heterocycles. The number of ether oxygens (including phenoxy) is 1. The summed E-state index contributed by atoms with van der Waals surface area (Å²) in [5.74, 6) is -0.591. The highest BCUT2D eigenvalue weighted by atomic mass is 79.9. The van der Waals surface area contributed by atoms with E-state index in [-0.39, 0.29) is 30.2 Å². The number of nitrogens with zero attached hydrogens (tertiary/aromatic N) is 1. The van der Waals surface area contributed by atoms with Crippen molar-refractivity contribution in [2.24, 2.45) is 5.92 Å². The van der Waals surface area contributed by atoms with Gasteiger partial charge in [0, 0.05) is 23.2 Å². The standard InChI is InChI=1S/C15H19BrN2O3.ClH/c1-2-21-15(20)10-4-3-7-18(9-10)14(19)12-6-5-11(16)8-13(12)17;/h5-6,8,10H,2-4,7,9,17H2,1H3;1H. The molecule has 1 aromatic rings. The number of anilines is 1. The summed E-state index contributed by atoms with van der Waals surface area (Å²) in [6.07, 6.45) is 1.56. The second kappa shape index (κ2) is 8.39. The van der Waals surface area contributed by atoms with Gasteiger partial charge in [0.05, 0.1) is 18.1 Å². The van der Waals surface area contributed by atoms with Crippen LogP contribution in [0.15, 0.2) is 22.7 Å². The molecule has 1 unspecified atom stereocenters. The number of likely N-dealkylation sites (tertiary alicyclic amines) is 1. The van der Waals surface area contributed by atoms with Crippen LogP contribution < -0.4 is 5.73 Å². The maximum absolute atomic E-state index is 12.5. The minimum atomic E-state index is -0.237. The van der Waals surface area contributed by atoms with Crippen LogP contribution in [0.3, 0.4) is 0 Å². The van der Waals surface area contributed by atoms with E-state index in [0.717, 1.165) is 17.3 Å². The predicted octanol–water partition coefficient (Wildman–Crippen LogP) is 2.87.